The Morgan fingerprint density at radius 2 is 1.48 bits per heavy atom. The van der Waals surface area contributed by atoms with Gasteiger partial charge in [0.25, 0.3) is 0 Å². The lowest BCUT2D eigenvalue weighted by Crippen LogP contribution is -1.98. The lowest BCUT2D eigenvalue weighted by atomic mass is 10.2. The van der Waals surface area contributed by atoms with E-state index in [-0.39, 0.29) is 0 Å². The number of hydrogen-bond acceptors (Lipinski definition) is 3. The first-order chi connectivity index (χ1) is 12.4. The summed E-state index contributed by atoms with van der Waals surface area (Å²) in [4.78, 5) is 4.05. The van der Waals surface area contributed by atoms with E-state index in [0.29, 0.717) is 0 Å². The molecule has 1 aromatic heterocycles. The molecule has 0 aliphatic rings. The van der Waals surface area contributed by atoms with Crippen LogP contribution in [0.5, 0.6) is 17.2 Å². The highest BCUT2D eigenvalue weighted by Crippen LogP contribution is 2.23. The summed E-state index contributed by atoms with van der Waals surface area (Å²) in [7, 11) is 0. The fourth-order valence-corrected chi connectivity index (χ4v) is 2.59. The van der Waals surface area contributed by atoms with Gasteiger partial charge in [-0.15, -0.1) is 0 Å². The Bertz CT molecular complexity index is 709. The summed E-state index contributed by atoms with van der Waals surface area (Å²) in [5.41, 5.74) is 0. The molecule has 0 fully saturated rings. The Morgan fingerprint density at radius 3 is 2.24 bits per heavy atom. The molecule has 0 saturated carbocycles. The zero-order chi connectivity index (χ0) is 17.2. The highest BCUT2D eigenvalue weighted by atomic mass is 16.5. The summed E-state index contributed by atoms with van der Waals surface area (Å²) in [5, 5.41) is 0. The third-order valence-electron chi connectivity index (χ3n) is 3.94. The van der Waals surface area contributed by atoms with Crippen molar-refractivity contribution in [2.45, 2.75) is 32.2 Å². The van der Waals surface area contributed by atoms with E-state index >= 15 is 0 Å². The lowest BCUT2D eigenvalue weighted by molar-refractivity contribution is 0.303. The number of benzene rings is 2. The molecule has 130 valence electrons. The summed E-state index contributed by atoms with van der Waals surface area (Å²) in [5.74, 6) is 2.55. The zero-order valence-electron chi connectivity index (χ0n) is 14.4. The monoisotopic (exact) mass is 336 g/mol. The van der Waals surface area contributed by atoms with Crippen molar-refractivity contribution < 1.29 is 9.47 Å². The van der Waals surface area contributed by atoms with Crippen LogP contribution in [0.15, 0.2) is 73.3 Å². The molecule has 3 rings (SSSR count). The number of rotatable bonds is 10. The van der Waals surface area contributed by atoms with Crippen LogP contribution in [-0.2, 0) is 6.54 Å². The van der Waals surface area contributed by atoms with Crippen molar-refractivity contribution in [3.63, 3.8) is 0 Å². The van der Waals surface area contributed by atoms with Gasteiger partial charge in [0.1, 0.15) is 17.2 Å². The molecule has 0 saturated heterocycles. The van der Waals surface area contributed by atoms with E-state index in [4.69, 9.17) is 9.47 Å². The molecule has 0 bridgehead atoms. The molecule has 0 amide bonds. The van der Waals surface area contributed by atoms with E-state index in [9.17, 15) is 0 Å². The minimum absolute atomic E-state index is 0.754. The van der Waals surface area contributed by atoms with Crippen molar-refractivity contribution in [3.8, 4) is 17.2 Å². The number of hydrogen-bond donors (Lipinski definition) is 0. The summed E-state index contributed by atoms with van der Waals surface area (Å²) in [6.07, 6.45) is 10.4. The molecule has 2 aromatic carbocycles. The van der Waals surface area contributed by atoms with Crippen LogP contribution < -0.4 is 9.47 Å². The number of aryl methyl sites for hydroxylation is 1. The van der Waals surface area contributed by atoms with Crippen LogP contribution in [0.1, 0.15) is 25.7 Å². The second kappa shape index (κ2) is 9.52. The van der Waals surface area contributed by atoms with Crippen molar-refractivity contribution in [1.29, 1.82) is 0 Å². The van der Waals surface area contributed by atoms with Gasteiger partial charge >= 0.3 is 0 Å². The number of imidazole rings is 1. The van der Waals surface area contributed by atoms with Crippen molar-refractivity contribution in [3.05, 3.63) is 73.3 Å². The Labute approximate surface area is 149 Å². The van der Waals surface area contributed by atoms with Crippen LogP contribution in [0.2, 0.25) is 0 Å². The minimum Gasteiger partial charge on any atom is -0.494 e. The third-order valence-corrected chi connectivity index (χ3v) is 3.94. The highest BCUT2D eigenvalue weighted by molar-refractivity contribution is 5.35. The summed E-state index contributed by atoms with van der Waals surface area (Å²) < 4.78 is 13.7. The van der Waals surface area contributed by atoms with Gasteiger partial charge < -0.3 is 14.0 Å². The van der Waals surface area contributed by atoms with E-state index in [0.717, 1.165) is 36.8 Å². The number of aromatic nitrogens is 2. The molecule has 4 nitrogen and oxygen atoms in total. The Kier molecular flexibility index (Phi) is 6.51. The lowest BCUT2D eigenvalue weighted by Gasteiger charge is -2.08. The van der Waals surface area contributed by atoms with Gasteiger partial charge in [0, 0.05) is 18.9 Å². The van der Waals surface area contributed by atoms with Gasteiger partial charge in [-0.05, 0) is 49.2 Å². The summed E-state index contributed by atoms with van der Waals surface area (Å²) >= 11 is 0. The molecular weight excluding hydrogens is 312 g/mol. The smallest absolute Gasteiger partial charge is 0.127 e. The number of nitrogens with zero attached hydrogens (tertiary/aromatic N) is 2. The second-order valence-electron chi connectivity index (χ2n) is 5.95. The largest absolute Gasteiger partial charge is 0.494 e. The molecule has 0 aliphatic heterocycles. The van der Waals surface area contributed by atoms with Crippen LogP contribution in [0.25, 0.3) is 0 Å². The van der Waals surface area contributed by atoms with Crippen LogP contribution in [0.3, 0.4) is 0 Å². The van der Waals surface area contributed by atoms with Crippen molar-refractivity contribution in [1.82, 2.24) is 9.55 Å². The molecule has 0 radical (unpaired) electrons. The Balaban J connectivity index is 1.29. The fraction of sp³-hybridized carbons (Fsp3) is 0.286. The molecule has 25 heavy (non-hydrogen) atoms. The van der Waals surface area contributed by atoms with Crippen molar-refractivity contribution in [2.75, 3.05) is 6.61 Å². The predicted molar refractivity (Wildman–Crippen MR) is 99.1 cm³/mol. The van der Waals surface area contributed by atoms with Crippen LogP contribution in [0.4, 0.5) is 0 Å². The molecule has 0 aliphatic carbocycles. The molecule has 0 spiro atoms. The van der Waals surface area contributed by atoms with E-state index in [2.05, 4.69) is 9.55 Å². The molecular formula is C21H24N2O2. The molecule has 0 atom stereocenters. The van der Waals surface area contributed by atoms with Crippen LogP contribution in [0, 0.1) is 0 Å². The van der Waals surface area contributed by atoms with Gasteiger partial charge in [0.05, 0.1) is 12.9 Å². The van der Waals surface area contributed by atoms with Gasteiger partial charge in [-0.3, -0.25) is 0 Å². The van der Waals surface area contributed by atoms with E-state index in [1.165, 1.54) is 19.3 Å². The standard InChI is InChI=1S/C21H24N2O2/c1(6-15-23-16-14-22-18-23)2-7-17-24-19-10-12-21(13-11-19)25-20-8-4-3-5-9-20/h3-5,8-14,16,18H,1-2,6-7,15,17H2. The third kappa shape index (κ3) is 5.99. The van der Waals surface area contributed by atoms with Gasteiger partial charge in [0.2, 0.25) is 0 Å². The average molecular weight is 336 g/mol. The topological polar surface area (TPSA) is 36.3 Å². The zero-order valence-corrected chi connectivity index (χ0v) is 14.4. The first kappa shape index (κ1) is 17.1. The Morgan fingerprint density at radius 1 is 0.760 bits per heavy atom. The van der Waals surface area contributed by atoms with E-state index in [1.54, 1.807) is 0 Å². The minimum atomic E-state index is 0.754. The first-order valence-electron chi connectivity index (χ1n) is 8.82. The van der Waals surface area contributed by atoms with Gasteiger partial charge in [-0.2, -0.15) is 0 Å². The maximum Gasteiger partial charge on any atom is 0.127 e. The Hall–Kier alpha value is -2.75. The predicted octanol–water partition coefficient (Wildman–Crippen LogP) is 5.31. The maximum absolute atomic E-state index is 5.79. The van der Waals surface area contributed by atoms with E-state index in [1.807, 2.05) is 73.3 Å². The second-order valence-corrected chi connectivity index (χ2v) is 5.95. The van der Waals surface area contributed by atoms with Gasteiger partial charge in [0.15, 0.2) is 0 Å². The maximum atomic E-state index is 5.79. The quantitative estimate of drug-likeness (QED) is 0.470. The highest BCUT2D eigenvalue weighted by Gasteiger charge is 1.99. The van der Waals surface area contributed by atoms with Crippen molar-refractivity contribution >= 4 is 0 Å². The molecule has 0 unspecified atom stereocenters. The van der Waals surface area contributed by atoms with Gasteiger partial charge in [-0.1, -0.05) is 31.0 Å². The first-order valence-corrected chi connectivity index (χ1v) is 8.82. The molecule has 0 N–H and O–H groups in total. The van der Waals surface area contributed by atoms with Crippen LogP contribution in [-0.4, -0.2) is 16.2 Å². The normalized spacial score (nSPS) is 10.6. The SMILES string of the molecule is c1ccc(Oc2ccc(OCCCCCCn3ccnc3)cc2)cc1. The average Bonchev–Trinajstić information content (AvgIpc) is 3.17. The number of unbranched alkanes of at least 4 members (excludes halogenated alkanes) is 3. The van der Waals surface area contributed by atoms with Crippen molar-refractivity contribution in [2.24, 2.45) is 0 Å². The number of para-hydroxylation sites is 1. The molecule has 4 heteroatoms. The van der Waals surface area contributed by atoms with Gasteiger partial charge in [-0.25, -0.2) is 4.98 Å². The number of ether oxygens (including phenoxy) is 2. The molecule has 1 heterocycles. The molecule has 3 aromatic rings. The fourth-order valence-electron chi connectivity index (χ4n) is 2.59. The van der Waals surface area contributed by atoms with E-state index < -0.39 is 0 Å². The summed E-state index contributed by atoms with van der Waals surface area (Å²) in [6, 6.07) is 17.6. The summed E-state index contributed by atoms with van der Waals surface area (Å²) in [6.45, 7) is 1.80. The van der Waals surface area contributed by atoms with Crippen LogP contribution >= 0.6 is 0 Å².